The third-order valence-corrected chi connectivity index (χ3v) is 6.23. The molecule has 1 aromatic carbocycles. The van der Waals surface area contributed by atoms with Crippen LogP contribution in [0.2, 0.25) is 0 Å². The monoisotopic (exact) mass is 431 g/mol. The Morgan fingerprint density at radius 3 is 2.72 bits per heavy atom. The average Bonchev–Trinajstić information content (AvgIpc) is 3.23. The summed E-state index contributed by atoms with van der Waals surface area (Å²) >= 11 is 0. The van der Waals surface area contributed by atoms with Gasteiger partial charge in [-0.1, -0.05) is 37.3 Å². The lowest BCUT2D eigenvalue weighted by molar-refractivity contribution is -0.134. The zero-order valence-electron chi connectivity index (χ0n) is 19.2. The van der Waals surface area contributed by atoms with E-state index in [1.165, 1.54) is 5.56 Å². The fourth-order valence-corrected chi connectivity index (χ4v) is 4.57. The van der Waals surface area contributed by atoms with Crippen LogP contribution in [-0.2, 0) is 24.3 Å². The Kier molecular flexibility index (Phi) is 7.32. The molecule has 0 bridgehead atoms. The molecule has 6 nitrogen and oxygen atoms in total. The normalized spacial score (nSPS) is 17.5. The highest BCUT2D eigenvalue weighted by Gasteiger charge is 2.30. The number of aryl methyl sites for hydroxylation is 1. The third kappa shape index (κ3) is 5.25. The molecular formula is C26H33N5O. The number of amides is 1. The second kappa shape index (κ2) is 10.6. The van der Waals surface area contributed by atoms with Crippen molar-refractivity contribution in [2.75, 3.05) is 26.2 Å². The Morgan fingerprint density at radius 2 is 1.94 bits per heavy atom. The van der Waals surface area contributed by atoms with Gasteiger partial charge in [0.1, 0.15) is 5.82 Å². The lowest BCUT2D eigenvalue weighted by atomic mass is 9.95. The van der Waals surface area contributed by atoms with Crippen LogP contribution in [0, 0.1) is 5.92 Å². The first-order valence-corrected chi connectivity index (χ1v) is 11.7. The van der Waals surface area contributed by atoms with Crippen molar-refractivity contribution in [1.82, 2.24) is 24.3 Å². The maximum absolute atomic E-state index is 13.4. The first-order chi connectivity index (χ1) is 15.7. The van der Waals surface area contributed by atoms with Crippen LogP contribution in [0.3, 0.4) is 0 Å². The summed E-state index contributed by atoms with van der Waals surface area (Å²) in [5.41, 5.74) is 3.43. The Hall–Kier alpha value is -2.99. The number of hydrogen-bond acceptors (Lipinski definition) is 4. The minimum absolute atomic E-state index is 0.0572. The van der Waals surface area contributed by atoms with E-state index in [2.05, 4.69) is 68.5 Å². The first-order valence-electron chi connectivity index (χ1n) is 11.7. The summed E-state index contributed by atoms with van der Waals surface area (Å²) in [6.07, 6.45) is 9.30. The molecule has 0 N–H and O–H groups in total. The van der Waals surface area contributed by atoms with Gasteiger partial charge in [0, 0.05) is 57.5 Å². The number of hydrogen-bond donors (Lipinski definition) is 0. The van der Waals surface area contributed by atoms with E-state index >= 15 is 0 Å². The number of imidazole rings is 1. The molecule has 32 heavy (non-hydrogen) atoms. The molecule has 1 aliphatic heterocycles. The number of aromatic nitrogens is 3. The molecule has 1 aliphatic rings. The Bertz CT molecular complexity index is 1020. The second-order valence-corrected chi connectivity index (χ2v) is 8.53. The van der Waals surface area contributed by atoms with Crippen LogP contribution in [0.5, 0.6) is 0 Å². The van der Waals surface area contributed by atoms with E-state index in [0.717, 1.165) is 69.1 Å². The van der Waals surface area contributed by atoms with Gasteiger partial charge in [-0.05, 0) is 42.5 Å². The van der Waals surface area contributed by atoms with Crippen LogP contribution in [0.4, 0.5) is 0 Å². The molecule has 0 aliphatic carbocycles. The van der Waals surface area contributed by atoms with Gasteiger partial charge in [0.05, 0.1) is 12.5 Å². The summed E-state index contributed by atoms with van der Waals surface area (Å²) in [5, 5.41) is 0. The molecule has 0 saturated carbocycles. The van der Waals surface area contributed by atoms with Gasteiger partial charge in [-0.2, -0.15) is 0 Å². The number of benzene rings is 1. The maximum atomic E-state index is 13.4. The van der Waals surface area contributed by atoms with Crippen LogP contribution in [0.25, 0.3) is 11.1 Å². The fourth-order valence-electron chi connectivity index (χ4n) is 4.57. The summed E-state index contributed by atoms with van der Waals surface area (Å²) in [7, 11) is 0. The van der Waals surface area contributed by atoms with Crippen molar-refractivity contribution in [3.05, 3.63) is 72.6 Å². The van der Waals surface area contributed by atoms with Crippen LogP contribution in [-0.4, -0.2) is 56.4 Å². The van der Waals surface area contributed by atoms with Gasteiger partial charge in [0.25, 0.3) is 0 Å². The quantitative estimate of drug-likeness (QED) is 0.543. The molecule has 3 aromatic rings. The molecule has 168 valence electrons. The molecule has 1 amide bonds. The zero-order chi connectivity index (χ0) is 22.3. The van der Waals surface area contributed by atoms with Gasteiger partial charge in [-0.15, -0.1) is 0 Å². The van der Waals surface area contributed by atoms with Crippen molar-refractivity contribution in [2.24, 2.45) is 5.92 Å². The summed E-state index contributed by atoms with van der Waals surface area (Å²) in [6.45, 7) is 9.21. The summed E-state index contributed by atoms with van der Waals surface area (Å²) in [6, 6.07) is 12.6. The van der Waals surface area contributed by atoms with Crippen LogP contribution < -0.4 is 0 Å². The largest absolute Gasteiger partial charge is 0.341 e. The van der Waals surface area contributed by atoms with E-state index in [9.17, 15) is 4.79 Å². The summed E-state index contributed by atoms with van der Waals surface area (Å²) < 4.78 is 2.18. The highest BCUT2D eigenvalue weighted by molar-refractivity contribution is 5.80. The molecule has 1 fully saturated rings. The molecule has 3 heterocycles. The van der Waals surface area contributed by atoms with E-state index < -0.39 is 0 Å². The van der Waals surface area contributed by atoms with Crippen LogP contribution >= 0.6 is 0 Å². The number of nitrogens with zero attached hydrogens (tertiary/aromatic N) is 5. The molecule has 0 radical (unpaired) electrons. The topological polar surface area (TPSA) is 54.3 Å². The van der Waals surface area contributed by atoms with Crippen molar-refractivity contribution in [2.45, 2.75) is 39.8 Å². The van der Waals surface area contributed by atoms with E-state index in [1.54, 1.807) is 6.20 Å². The van der Waals surface area contributed by atoms with Gasteiger partial charge >= 0.3 is 0 Å². The minimum atomic E-state index is -0.0572. The number of rotatable bonds is 8. The Morgan fingerprint density at radius 1 is 1.06 bits per heavy atom. The molecule has 6 heteroatoms. The molecular weight excluding hydrogens is 398 g/mol. The van der Waals surface area contributed by atoms with Gasteiger partial charge in [0.2, 0.25) is 5.91 Å². The van der Waals surface area contributed by atoms with Gasteiger partial charge in [0.15, 0.2) is 0 Å². The third-order valence-electron chi connectivity index (χ3n) is 6.23. The standard InChI is InChI=1S/C26H33N5O/c1-3-12-31-15-14-29(20-25-28-11-13-30(25)4-2)19-24(26(31)32)17-21-7-5-8-22(16-21)23-9-6-10-27-18-23/h5-11,13,16,18,24H,3-4,12,14-15,17,19-20H2,1-2H3. The highest BCUT2D eigenvalue weighted by atomic mass is 16.2. The van der Waals surface area contributed by atoms with Gasteiger partial charge in [-0.3, -0.25) is 14.7 Å². The molecule has 2 aromatic heterocycles. The molecule has 1 atom stereocenters. The summed E-state index contributed by atoms with van der Waals surface area (Å²) in [5.74, 6) is 1.29. The summed E-state index contributed by atoms with van der Waals surface area (Å²) in [4.78, 5) is 26.7. The van der Waals surface area contributed by atoms with Crippen LogP contribution in [0.15, 0.2) is 61.2 Å². The van der Waals surface area contributed by atoms with Gasteiger partial charge < -0.3 is 9.47 Å². The van der Waals surface area contributed by atoms with Crippen LogP contribution in [0.1, 0.15) is 31.7 Å². The van der Waals surface area contributed by atoms with E-state index in [4.69, 9.17) is 0 Å². The van der Waals surface area contributed by atoms with E-state index in [-0.39, 0.29) is 11.8 Å². The minimum Gasteiger partial charge on any atom is -0.341 e. The average molecular weight is 432 g/mol. The van der Waals surface area contributed by atoms with Crippen molar-refractivity contribution in [3.8, 4) is 11.1 Å². The second-order valence-electron chi connectivity index (χ2n) is 8.53. The van der Waals surface area contributed by atoms with Crippen molar-refractivity contribution in [1.29, 1.82) is 0 Å². The SMILES string of the molecule is CCCN1CCN(Cc2nccn2CC)CC(Cc2cccc(-c3cccnc3)c2)C1=O. The molecule has 1 saturated heterocycles. The van der Waals surface area contributed by atoms with Gasteiger partial charge in [-0.25, -0.2) is 4.98 Å². The number of carbonyl (C=O) groups is 1. The first kappa shape index (κ1) is 22.2. The predicted molar refractivity (Wildman–Crippen MR) is 127 cm³/mol. The molecule has 4 rings (SSSR count). The smallest absolute Gasteiger partial charge is 0.227 e. The van der Waals surface area contributed by atoms with Crippen molar-refractivity contribution < 1.29 is 4.79 Å². The van der Waals surface area contributed by atoms with Crippen molar-refractivity contribution >= 4 is 5.91 Å². The lowest BCUT2D eigenvalue weighted by Crippen LogP contribution is -2.37. The Labute approximate surface area is 190 Å². The number of pyridine rings is 1. The highest BCUT2D eigenvalue weighted by Crippen LogP contribution is 2.23. The maximum Gasteiger partial charge on any atom is 0.227 e. The Balaban J connectivity index is 1.54. The lowest BCUT2D eigenvalue weighted by Gasteiger charge is -2.24. The molecule has 0 spiro atoms. The molecule has 1 unspecified atom stereocenters. The predicted octanol–water partition coefficient (Wildman–Crippen LogP) is 3.88. The fraction of sp³-hybridized carbons (Fsp3) is 0.423. The van der Waals surface area contributed by atoms with E-state index in [0.29, 0.717) is 0 Å². The number of carbonyl (C=O) groups excluding carboxylic acids is 1. The van der Waals surface area contributed by atoms with Crippen molar-refractivity contribution in [3.63, 3.8) is 0 Å². The zero-order valence-corrected chi connectivity index (χ0v) is 19.2. The van der Waals surface area contributed by atoms with E-state index in [1.807, 2.05) is 24.7 Å².